The molecular formula is C22H15N3O5S. The van der Waals surface area contributed by atoms with E-state index >= 15 is 0 Å². The molecule has 2 N–H and O–H groups in total. The SMILES string of the molecule is Cc1nnc(N2C(=O)C(O)=C(C(=O)c3cc4ccccc4o3)C2c2ccc(O)cc2)s1. The number of rotatable bonds is 4. The van der Waals surface area contributed by atoms with Crippen molar-refractivity contribution in [3.05, 3.63) is 82.3 Å². The molecule has 5 rings (SSSR count). The smallest absolute Gasteiger partial charge is 0.296 e. The highest BCUT2D eigenvalue weighted by Crippen LogP contribution is 2.43. The first-order valence-electron chi connectivity index (χ1n) is 9.33. The second-order valence-corrected chi connectivity index (χ2v) is 8.17. The molecule has 0 saturated carbocycles. The van der Waals surface area contributed by atoms with Crippen LogP contribution in [0.25, 0.3) is 11.0 Å². The van der Waals surface area contributed by atoms with E-state index in [2.05, 4.69) is 10.2 Å². The Morgan fingerprint density at radius 1 is 1.10 bits per heavy atom. The van der Waals surface area contributed by atoms with Crippen molar-refractivity contribution in [2.24, 2.45) is 0 Å². The van der Waals surface area contributed by atoms with Gasteiger partial charge >= 0.3 is 0 Å². The molecule has 31 heavy (non-hydrogen) atoms. The van der Waals surface area contributed by atoms with Gasteiger partial charge < -0.3 is 14.6 Å². The van der Waals surface area contributed by atoms with Gasteiger partial charge in [-0.15, -0.1) is 10.2 Å². The minimum Gasteiger partial charge on any atom is -0.508 e. The lowest BCUT2D eigenvalue weighted by atomic mass is 9.95. The number of nitrogens with zero attached hydrogens (tertiary/aromatic N) is 3. The number of Topliss-reactive ketones (excluding diaryl/α,β-unsaturated/α-hetero) is 1. The van der Waals surface area contributed by atoms with Crippen LogP contribution in [-0.4, -0.2) is 32.1 Å². The molecule has 1 aliphatic rings. The first-order chi connectivity index (χ1) is 14.9. The average molecular weight is 433 g/mol. The molecule has 0 bridgehead atoms. The number of aryl methyl sites for hydroxylation is 1. The Bertz CT molecular complexity index is 1340. The van der Waals surface area contributed by atoms with Crippen LogP contribution in [0, 0.1) is 6.92 Å². The van der Waals surface area contributed by atoms with Gasteiger partial charge in [0.15, 0.2) is 11.5 Å². The monoisotopic (exact) mass is 433 g/mol. The summed E-state index contributed by atoms with van der Waals surface area (Å²) in [5, 5.41) is 30.0. The van der Waals surface area contributed by atoms with Crippen LogP contribution in [0.1, 0.15) is 27.2 Å². The lowest BCUT2D eigenvalue weighted by Gasteiger charge is -2.23. The number of carbonyl (C=O) groups is 2. The minimum absolute atomic E-state index is 0.00891. The highest BCUT2D eigenvalue weighted by Gasteiger charge is 2.46. The first kappa shape index (κ1) is 19.0. The molecule has 4 aromatic rings. The molecule has 1 atom stereocenters. The zero-order valence-corrected chi connectivity index (χ0v) is 17.0. The van der Waals surface area contributed by atoms with Crippen molar-refractivity contribution in [2.75, 3.05) is 4.90 Å². The van der Waals surface area contributed by atoms with Gasteiger partial charge in [-0.3, -0.25) is 14.5 Å². The summed E-state index contributed by atoms with van der Waals surface area (Å²) in [7, 11) is 0. The van der Waals surface area contributed by atoms with Crippen LogP contribution >= 0.6 is 11.3 Å². The third kappa shape index (κ3) is 3.06. The molecular weight excluding hydrogens is 418 g/mol. The largest absolute Gasteiger partial charge is 0.508 e. The van der Waals surface area contributed by atoms with E-state index < -0.39 is 23.5 Å². The van der Waals surface area contributed by atoms with Crippen molar-refractivity contribution in [1.29, 1.82) is 0 Å². The Morgan fingerprint density at radius 3 is 2.52 bits per heavy atom. The summed E-state index contributed by atoms with van der Waals surface area (Å²) in [6.45, 7) is 1.74. The van der Waals surface area contributed by atoms with E-state index in [0.29, 0.717) is 16.2 Å². The normalized spacial score (nSPS) is 16.5. The molecule has 8 nitrogen and oxygen atoms in total. The van der Waals surface area contributed by atoms with Gasteiger partial charge in [-0.05, 0) is 36.8 Å². The number of hydrogen-bond donors (Lipinski definition) is 2. The number of fused-ring (bicyclic) bond motifs is 1. The lowest BCUT2D eigenvalue weighted by molar-refractivity contribution is -0.117. The molecule has 0 fully saturated rings. The third-order valence-corrected chi connectivity index (χ3v) is 5.87. The van der Waals surface area contributed by atoms with Crippen LogP contribution in [-0.2, 0) is 4.79 Å². The molecule has 0 saturated heterocycles. The summed E-state index contributed by atoms with van der Waals surface area (Å²) >= 11 is 1.17. The van der Waals surface area contributed by atoms with Crippen molar-refractivity contribution < 1.29 is 24.2 Å². The van der Waals surface area contributed by atoms with E-state index in [1.807, 2.05) is 6.07 Å². The van der Waals surface area contributed by atoms with Gasteiger partial charge in [-0.1, -0.05) is 41.7 Å². The average Bonchev–Trinajstić information content (AvgIpc) is 3.45. The standard InChI is InChI=1S/C22H15N3O5S/c1-11-23-24-22(31-11)25-18(12-6-8-14(26)9-7-12)17(20(28)21(25)29)19(27)16-10-13-4-2-3-5-15(13)30-16/h2-10,18,26,28H,1H3. The van der Waals surface area contributed by atoms with Crippen molar-refractivity contribution >= 4 is 39.1 Å². The molecule has 2 aromatic heterocycles. The Kier molecular flexibility index (Phi) is 4.33. The van der Waals surface area contributed by atoms with Gasteiger partial charge in [0, 0.05) is 5.39 Å². The molecule has 0 radical (unpaired) electrons. The number of ketones is 1. The molecule has 1 amide bonds. The summed E-state index contributed by atoms with van der Waals surface area (Å²) in [4.78, 5) is 27.7. The van der Waals surface area contributed by atoms with Crippen molar-refractivity contribution in [3.8, 4) is 5.75 Å². The molecule has 2 aromatic carbocycles. The van der Waals surface area contributed by atoms with Crippen molar-refractivity contribution in [3.63, 3.8) is 0 Å². The number of phenolic OH excluding ortho intramolecular Hbond substituents is 1. The number of aliphatic hydroxyl groups is 1. The molecule has 9 heteroatoms. The van der Waals surface area contributed by atoms with Crippen LogP contribution in [0.2, 0.25) is 0 Å². The number of para-hydroxylation sites is 1. The number of aromatic hydroxyl groups is 1. The quantitative estimate of drug-likeness (QED) is 0.466. The number of aliphatic hydroxyl groups excluding tert-OH is 1. The summed E-state index contributed by atoms with van der Waals surface area (Å²) in [6.07, 6.45) is 0. The predicted octanol–water partition coefficient (Wildman–Crippen LogP) is 4.08. The van der Waals surface area contributed by atoms with Crippen LogP contribution in [0.4, 0.5) is 5.13 Å². The Balaban J connectivity index is 1.66. The fourth-order valence-corrected chi connectivity index (χ4v) is 4.33. The first-order valence-corrected chi connectivity index (χ1v) is 10.1. The maximum absolute atomic E-state index is 13.4. The van der Waals surface area contributed by atoms with Crippen LogP contribution in [0.3, 0.4) is 0 Å². The van der Waals surface area contributed by atoms with Gasteiger partial charge in [-0.2, -0.15) is 0 Å². The van der Waals surface area contributed by atoms with Crippen LogP contribution in [0.15, 0.2) is 70.3 Å². The van der Waals surface area contributed by atoms with Gasteiger partial charge in [0.05, 0.1) is 11.6 Å². The molecule has 0 spiro atoms. The number of phenols is 1. The number of anilines is 1. The number of furan rings is 1. The Hall–Kier alpha value is -3.98. The maximum atomic E-state index is 13.4. The van der Waals surface area contributed by atoms with Crippen LogP contribution in [0.5, 0.6) is 5.75 Å². The molecule has 1 aliphatic heterocycles. The zero-order chi connectivity index (χ0) is 21.7. The minimum atomic E-state index is -0.957. The predicted molar refractivity (Wildman–Crippen MR) is 113 cm³/mol. The summed E-state index contributed by atoms with van der Waals surface area (Å²) < 4.78 is 5.68. The van der Waals surface area contributed by atoms with E-state index in [1.54, 1.807) is 43.3 Å². The molecule has 154 valence electrons. The van der Waals surface area contributed by atoms with E-state index in [-0.39, 0.29) is 22.2 Å². The van der Waals surface area contributed by atoms with Crippen molar-refractivity contribution in [1.82, 2.24) is 10.2 Å². The number of hydrogen-bond acceptors (Lipinski definition) is 8. The number of amides is 1. The van der Waals surface area contributed by atoms with Gasteiger partial charge in [0.1, 0.15) is 16.3 Å². The summed E-state index contributed by atoms with van der Waals surface area (Å²) in [6, 6.07) is 13.8. The van der Waals surface area contributed by atoms with E-state index in [4.69, 9.17) is 4.42 Å². The summed E-state index contributed by atoms with van der Waals surface area (Å²) in [5.74, 6) is -1.99. The molecule has 0 aliphatic carbocycles. The molecule has 3 heterocycles. The van der Waals surface area contributed by atoms with E-state index in [9.17, 15) is 19.8 Å². The fraction of sp³-hybridized carbons (Fsp3) is 0.0909. The fourth-order valence-electron chi connectivity index (χ4n) is 3.62. The maximum Gasteiger partial charge on any atom is 0.296 e. The topological polar surface area (TPSA) is 117 Å². The van der Waals surface area contributed by atoms with Crippen molar-refractivity contribution in [2.45, 2.75) is 13.0 Å². The number of benzene rings is 2. The number of carbonyl (C=O) groups excluding carboxylic acids is 2. The Labute approximate surface area is 179 Å². The third-order valence-electron chi connectivity index (χ3n) is 5.03. The molecule has 1 unspecified atom stereocenters. The second-order valence-electron chi connectivity index (χ2n) is 7.01. The second kappa shape index (κ2) is 7.06. The van der Waals surface area contributed by atoms with Crippen LogP contribution < -0.4 is 4.90 Å². The van der Waals surface area contributed by atoms with E-state index in [1.165, 1.54) is 28.4 Å². The highest BCUT2D eigenvalue weighted by atomic mass is 32.1. The zero-order valence-electron chi connectivity index (χ0n) is 16.1. The Morgan fingerprint density at radius 2 is 1.84 bits per heavy atom. The highest BCUT2D eigenvalue weighted by molar-refractivity contribution is 7.15. The lowest BCUT2D eigenvalue weighted by Crippen LogP contribution is -2.31. The summed E-state index contributed by atoms with van der Waals surface area (Å²) in [5.41, 5.74) is 0.915. The number of aromatic nitrogens is 2. The van der Waals surface area contributed by atoms with Gasteiger partial charge in [0.2, 0.25) is 10.9 Å². The van der Waals surface area contributed by atoms with Gasteiger partial charge in [0.25, 0.3) is 5.91 Å². The van der Waals surface area contributed by atoms with Gasteiger partial charge in [-0.25, -0.2) is 0 Å². The van der Waals surface area contributed by atoms with E-state index in [0.717, 1.165) is 5.39 Å².